The van der Waals surface area contributed by atoms with Crippen LogP contribution in [-0.4, -0.2) is 12.3 Å². The minimum Gasteiger partial charge on any atom is -0.355 e. The Morgan fingerprint density at radius 1 is 1.56 bits per heavy atom. The summed E-state index contributed by atoms with van der Waals surface area (Å²) in [6.07, 6.45) is 6.27. The van der Waals surface area contributed by atoms with E-state index in [9.17, 15) is 4.39 Å². The van der Waals surface area contributed by atoms with Crippen molar-refractivity contribution in [2.45, 2.75) is 5.79 Å². The molecule has 1 unspecified atom stereocenters. The molecule has 0 amide bonds. The molecule has 0 fully saturated rings. The van der Waals surface area contributed by atoms with Crippen molar-refractivity contribution in [3.05, 3.63) is 24.4 Å². The van der Waals surface area contributed by atoms with E-state index in [1.165, 1.54) is 12.3 Å². The predicted molar refractivity (Wildman–Crippen MR) is 34.3 cm³/mol. The first-order chi connectivity index (χ1) is 4.27. The van der Waals surface area contributed by atoms with Gasteiger partial charge in [0.25, 0.3) is 0 Å². The van der Waals surface area contributed by atoms with Crippen molar-refractivity contribution in [2.75, 3.05) is 6.54 Å². The highest BCUT2D eigenvalue weighted by molar-refractivity contribution is 5.15. The third-order valence-corrected chi connectivity index (χ3v) is 1.19. The SMILES string of the molecule is NCC1(F)C=CC=CN1. The van der Waals surface area contributed by atoms with E-state index in [4.69, 9.17) is 5.73 Å². The van der Waals surface area contributed by atoms with Crippen LogP contribution in [0.15, 0.2) is 24.4 Å². The minimum absolute atomic E-state index is 0.0339. The molecule has 3 N–H and O–H groups in total. The second kappa shape index (κ2) is 2.19. The number of alkyl halides is 1. The maximum absolute atomic E-state index is 12.9. The number of dihydropyridines is 1. The van der Waals surface area contributed by atoms with Gasteiger partial charge in [-0.1, -0.05) is 6.08 Å². The van der Waals surface area contributed by atoms with Gasteiger partial charge in [-0.05, 0) is 18.4 Å². The van der Waals surface area contributed by atoms with E-state index >= 15 is 0 Å². The fourth-order valence-electron chi connectivity index (χ4n) is 0.625. The number of halogens is 1. The average Bonchev–Trinajstić information content (AvgIpc) is 1.90. The number of nitrogens with two attached hydrogens (primary N) is 1. The lowest BCUT2D eigenvalue weighted by Crippen LogP contribution is -2.43. The summed E-state index contributed by atoms with van der Waals surface area (Å²) in [6, 6.07) is 0. The molecule has 3 heteroatoms. The normalized spacial score (nSPS) is 32.2. The van der Waals surface area contributed by atoms with Crippen molar-refractivity contribution in [2.24, 2.45) is 5.73 Å². The molecule has 0 spiro atoms. The third kappa shape index (κ3) is 1.29. The topological polar surface area (TPSA) is 38.0 Å². The Morgan fingerprint density at radius 3 is 2.67 bits per heavy atom. The van der Waals surface area contributed by atoms with E-state index in [2.05, 4.69) is 5.32 Å². The van der Waals surface area contributed by atoms with Crippen LogP contribution in [-0.2, 0) is 0 Å². The van der Waals surface area contributed by atoms with Gasteiger partial charge < -0.3 is 11.1 Å². The maximum atomic E-state index is 12.9. The lowest BCUT2D eigenvalue weighted by molar-refractivity contribution is 0.207. The highest BCUT2D eigenvalue weighted by Gasteiger charge is 2.22. The van der Waals surface area contributed by atoms with Crippen molar-refractivity contribution in [1.29, 1.82) is 0 Å². The van der Waals surface area contributed by atoms with Crippen LogP contribution in [0.1, 0.15) is 0 Å². The monoisotopic (exact) mass is 128 g/mol. The molecule has 1 aliphatic heterocycles. The quantitative estimate of drug-likeness (QED) is 0.498. The molecule has 0 aromatic rings. The first-order valence-corrected chi connectivity index (χ1v) is 2.78. The summed E-state index contributed by atoms with van der Waals surface area (Å²) in [5.74, 6) is -1.52. The number of nitrogens with one attached hydrogen (secondary N) is 1. The highest BCUT2D eigenvalue weighted by Crippen LogP contribution is 2.09. The fraction of sp³-hybridized carbons (Fsp3) is 0.333. The Hall–Kier alpha value is -0.830. The zero-order valence-electron chi connectivity index (χ0n) is 4.97. The molecule has 1 rings (SSSR count). The Kier molecular flexibility index (Phi) is 1.53. The molecule has 0 bridgehead atoms. The van der Waals surface area contributed by atoms with E-state index < -0.39 is 5.79 Å². The van der Waals surface area contributed by atoms with Crippen molar-refractivity contribution < 1.29 is 4.39 Å². The van der Waals surface area contributed by atoms with Gasteiger partial charge in [-0.2, -0.15) is 0 Å². The summed E-state index contributed by atoms with van der Waals surface area (Å²) in [5, 5.41) is 2.49. The molecule has 1 atom stereocenters. The average molecular weight is 128 g/mol. The number of hydrogen-bond acceptors (Lipinski definition) is 2. The minimum atomic E-state index is -1.52. The Morgan fingerprint density at radius 2 is 2.33 bits per heavy atom. The van der Waals surface area contributed by atoms with Crippen LogP contribution in [0.3, 0.4) is 0 Å². The second-order valence-electron chi connectivity index (χ2n) is 1.93. The zero-order chi connectivity index (χ0) is 6.74. The summed E-state index contributed by atoms with van der Waals surface area (Å²) in [4.78, 5) is 0. The lowest BCUT2D eigenvalue weighted by atomic mass is 10.2. The van der Waals surface area contributed by atoms with Crippen LogP contribution in [0.25, 0.3) is 0 Å². The van der Waals surface area contributed by atoms with E-state index in [1.54, 1.807) is 12.2 Å². The molecule has 0 aliphatic carbocycles. The lowest BCUT2D eigenvalue weighted by Gasteiger charge is -2.21. The molecule has 0 saturated carbocycles. The van der Waals surface area contributed by atoms with Crippen molar-refractivity contribution in [3.8, 4) is 0 Å². The summed E-state index contributed by atoms with van der Waals surface area (Å²) in [7, 11) is 0. The van der Waals surface area contributed by atoms with Crippen LogP contribution < -0.4 is 11.1 Å². The van der Waals surface area contributed by atoms with Crippen LogP contribution in [0.2, 0.25) is 0 Å². The van der Waals surface area contributed by atoms with Crippen molar-refractivity contribution in [3.63, 3.8) is 0 Å². The molecule has 0 radical (unpaired) electrons. The molecule has 9 heavy (non-hydrogen) atoms. The molecule has 0 aromatic carbocycles. The van der Waals surface area contributed by atoms with Crippen molar-refractivity contribution in [1.82, 2.24) is 5.32 Å². The largest absolute Gasteiger partial charge is 0.355 e. The molecule has 50 valence electrons. The van der Waals surface area contributed by atoms with Gasteiger partial charge >= 0.3 is 0 Å². The van der Waals surface area contributed by atoms with Gasteiger partial charge in [0, 0.05) is 6.54 Å². The first-order valence-electron chi connectivity index (χ1n) is 2.78. The predicted octanol–water partition coefficient (Wildman–Crippen LogP) is 0.284. The van der Waals surface area contributed by atoms with Crippen LogP contribution in [0.4, 0.5) is 4.39 Å². The Labute approximate surface area is 53.2 Å². The van der Waals surface area contributed by atoms with Gasteiger partial charge in [-0.15, -0.1) is 0 Å². The standard InChI is InChI=1S/C6H9FN2/c7-6(5-8)3-1-2-4-9-6/h1-4,9H,5,8H2. The van der Waals surface area contributed by atoms with Crippen LogP contribution >= 0.6 is 0 Å². The van der Waals surface area contributed by atoms with Gasteiger partial charge in [0.05, 0.1) is 0 Å². The van der Waals surface area contributed by atoms with Gasteiger partial charge in [-0.25, -0.2) is 4.39 Å². The van der Waals surface area contributed by atoms with E-state index in [0.29, 0.717) is 0 Å². The summed E-state index contributed by atoms with van der Waals surface area (Å²) >= 11 is 0. The second-order valence-corrected chi connectivity index (χ2v) is 1.93. The van der Waals surface area contributed by atoms with E-state index in [1.807, 2.05) is 0 Å². The molecule has 2 nitrogen and oxygen atoms in total. The van der Waals surface area contributed by atoms with Gasteiger partial charge in [0.2, 0.25) is 5.79 Å². The first kappa shape index (κ1) is 6.29. The van der Waals surface area contributed by atoms with E-state index in [0.717, 1.165) is 0 Å². The molecule has 1 aliphatic rings. The van der Waals surface area contributed by atoms with Gasteiger partial charge in [-0.3, -0.25) is 0 Å². The van der Waals surface area contributed by atoms with Crippen LogP contribution in [0.5, 0.6) is 0 Å². The van der Waals surface area contributed by atoms with E-state index in [-0.39, 0.29) is 6.54 Å². The fourth-order valence-corrected chi connectivity index (χ4v) is 0.625. The molecule has 0 aromatic heterocycles. The smallest absolute Gasteiger partial charge is 0.211 e. The number of rotatable bonds is 1. The van der Waals surface area contributed by atoms with Gasteiger partial charge in [0.15, 0.2) is 0 Å². The summed E-state index contributed by atoms with van der Waals surface area (Å²) in [6.45, 7) is -0.0339. The molecular formula is C6H9FN2. The maximum Gasteiger partial charge on any atom is 0.211 e. The van der Waals surface area contributed by atoms with Crippen LogP contribution in [0, 0.1) is 0 Å². The summed E-state index contributed by atoms with van der Waals surface area (Å²) < 4.78 is 12.9. The number of allylic oxidation sites excluding steroid dienone is 2. The van der Waals surface area contributed by atoms with Crippen molar-refractivity contribution >= 4 is 0 Å². The third-order valence-electron chi connectivity index (χ3n) is 1.19. The Bertz CT molecular complexity index is 153. The molecular weight excluding hydrogens is 119 g/mol. The molecule has 0 saturated heterocycles. The summed E-state index contributed by atoms with van der Waals surface area (Å²) in [5.41, 5.74) is 5.11. The zero-order valence-corrected chi connectivity index (χ0v) is 4.97. The van der Waals surface area contributed by atoms with Gasteiger partial charge in [0.1, 0.15) is 0 Å². The molecule has 1 heterocycles. The number of hydrogen-bond donors (Lipinski definition) is 2. The Balaban J connectivity index is 2.63. The highest BCUT2D eigenvalue weighted by atomic mass is 19.1.